The molecule has 1 fully saturated rings. The van der Waals surface area contributed by atoms with Gasteiger partial charge in [0.05, 0.1) is 38.5 Å². The fourth-order valence-corrected chi connectivity index (χ4v) is 2.51. The van der Waals surface area contributed by atoms with Gasteiger partial charge in [0.25, 0.3) is 11.9 Å². The van der Waals surface area contributed by atoms with Crippen molar-refractivity contribution in [2.24, 2.45) is 4.99 Å². The molecule has 0 atom stereocenters. The number of furan rings is 1. The third-order valence-electron chi connectivity index (χ3n) is 3.59. The van der Waals surface area contributed by atoms with Gasteiger partial charge in [-0.15, -0.1) is 0 Å². The first kappa shape index (κ1) is 16.5. The van der Waals surface area contributed by atoms with E-state index in [1.54, 1.807) is 17.0 Å². The normalized spacial score (nSPS) is 16.8. The summed E-state index contributed by atoms with van der Waals surface area (Å²) in [6, 6.07) is 3.56. The summed E-state index contributed by atoms with van der Waals surface area (Å²) in [6.07, 6.45) is 5.35. The Bertz CT molecular complexity index is 477. The third-order valence-corrected chi connectivity index (χ3v) is 3.59. The van der Waals surface area contributed by atoms with Gasteiger partial charge in [-0.3, -0.25) is 10.1 Å². The van der Waals surface area contributed by atoms with E-state index in [0.29, 0.717) is 6.54 Å². The van der Waals surface area contributed by atoms with Crippen LogP contribution in [-0.2, 0) is 4.74 Å². The van der Waals surface area contributed by atoms with Crippen LogP contribution in [0, 0.1) is 0 Å². The smallest absolute Gasteiger partial charge is 0.294 e. The Hall–Kier alpha value is -1.82. The predicted molar refractivity (Wildman–Crippen MR) is 84.1 cm³/mol. The minimum absolute atomic E-state index is 0.0435. The average Bonchev–Trinajstić information content (AvgIpc) is 3.02. The molecule has 0 spiro atoms. The SMILES string of the molecule is CC(C)OC(=NCC[NH+]1CCCCC1)NC(=O)c1ccco1. The van der Waals surface area contributed by atoms with Gasteiger partial charge >= 0.3 is 0 Å². The van der Waals surface area contributed by atoms with E-state index in [1.807, 2.05) is 13.8 Å². The average molecular weight is 308 g/mol. The number of piperidine rings is 1. The lowest BCUT2D eigenvalue weighted by atomic mass is 10.1. The van der Waals surface area contributed by atoms with Crippen LogP contribution >= 0.6 is 0 Å². The molecule has 1 aromatic heterocycles. The number of hydrogen-bond donors (Lipinski definition) is 2. The summed E-state index contributed by atoms with van der Waals surface area (Å²) in [5.41, 5.74) is 0. The van der Waals surface area contributed by atoms with Gasteiger partial charge in [0.15, 0.2) is 5.76 Å². The molecule has 0 bridgehead atoms. The molecule has 2 N–H and O–H groups in total. The largest absolute Gasteiger partial charge is 0.462 e. The van der Waals surface area contributed by atoms with Crippen molar-refractivity contribution in [3.8, 4) is 0 Å². The minimum atomic E-state index is -0.338. The predicted octanol–water partition coefficient (Wildman–Crippen LogP) is 0.859. The first-order valence-corrected chi connectivity index (χ1v) is 8.04. The van der Waals surface area contributed by atoms with E-state index in [0.717, 1.165) is 6.54 Å². The minimum Gasteiger partial charge on any atom is -0.462 e. The molecular weight excluding hydrogens is 282 g/mol. The second kappa shape index (κ2) is 8.58. The molecule has 0 aliphatic carbocycles. The standard InChI is InChI=1S/C16H25N3O3/c1-13(2)22-16(18-15(20)14-7-6-12-21-14)17-8-11-19-9-4-3-5-10-19/h6-7,12-13H,3-5,8-11H2,1-2H3,(H,17,18,20)/p+1. The number of quaternary nitrogens is 1. The van der Waals surface area contributed by atoms with Crippen LogP contribution in [0.4, 0.5) is 0 Å². The molecular formula is C16H26N3O3+. The molecule has 2 rings (SSSR count). The van der Waals surface area contributed by atoms with E-state index in [2.05, 4.69) is 10.3 Å². The van der Waals surface area contributed by atoms with Crippen molar-refractivity contribution in [3.05, 3.63) is 24.2 Å². The Kier molecular flexibility index (Phi) is 6.45. The number of carbonyl (C=O) groups is 1. The molecule has 6 heteroatoms. The van der Waals surface area contributed by atoms with Gasteiger partial charge in [0.1, 0.15) is 0 Å². The lowest BCUT2D eigenvalue weighted by molar-refractivity contribution is -0.903. The number of amides is 1. The van der Waals surface area contributed by atoms with Crippen LogP contribution in [0.3, 0.4) is 0 Å². The molecule has 1 saturated heterocycles. The van der Waals surface area contributed by atoms with Crippen LogP contribution in [0.5, 0.6) is 0 Å². The van der Waals surface area contributed by atoms with E-state index in [1.165, 1.54) is 38.6 Å². The zero-order valence-electron chi connectivity index (χ0n) is 13.4. The molecule has 1 aromatic rings. The Morgan fingerprint density at radius 3 is 2.82 bits per heavy atom. The topological polar surface area (TPSA) is 68.3 Å². The highest BCUT2D eigenvalue weighted by Gasteiger charge is 2.15. The van der Waals surface area contributed by atoms with Gasteiger partial charge < -0.3 is 14.1 Å². The molecule has 1 aliphatic heterocycles. The number of aliphatic imine (C=N–C) groups is 1. The summed E-state index contributed by atoms with van der Waals surface area (Å²) < 4.78 is 10.6. The van der Waals surface area contributed by atoms with E-state index >= 15 is 0 Å². The molecule has 1 aliphatic rings. The van der Waals surface area contributed by atoms with Gasteiger partial charge in [-0.2, -0.15) is 0 Å². The summed E-state index contributed by atoms with van der Waals surface area (Å²) in [7, 11) is 0. The molecule has 22 heavy (non-hydrogen) atoms. The number of hydrogen-bond acceptors (Lipinski definition) is 4. The number of nitrogens with one attached hydrogen (secondary N) is 2. The molecule has 0 aromatic carbocycles. The molecule has 0 saturated carbocycles. The highest BCUT2D eigenvalue weighted by molar-refractivity contribution is 6.02. The zero-order valence-corrected chi connectivity index (χ0v) is 13.4. The van der Waals surface area contributed by atoms with E-state index in [4.69, 9.17) is 9.15 Å². The third kappa shape index (κ3) is 5.52. The van der Waals surface area contributed by atoms with Crippen molar-refractivity contribution >= 4 is 11.9 Å². The molecule has 122 valence electrons. The number of carbonyl (C=O) groups excluding carboxylic acids is 1. The number of likely N-dealkylation sites (tertiary alicyclic amines) is 1. The van der Waals surface area contributed by atoms with Gasteiger partial charge in [0, 0.05) is 0 Å². The molecule has 6 nitrogen and oxygen atoms in total. The fourth-order valence-electron chi connectivity index (χ4n) is 2.51. The summed E-state index contributed by atoms with van der Waals surface area (Å²) in [6.45, 7) is 7.87. The molecule has 0 radical (unpaired) electrons. The quantitative estimate of drug-likeness (QED) is 0.626. The van der Waals surface area contributed by atoms with E-state index in [-0.39, 0.29) is 23.8 Å². The van der Waals surface area contributed by atoms with Gasteiger partial charge in [-0.05, 0) is 45.2 Å². The maximum absolute atomic E-state index is 12.0. The van der Waals surface area contributed by atoms with Crippen molar-refractivity contribution in [1.29, 1.82) is 0 Å². The van der Waals surface area contributed by atoms with Crippen molar-refractivity contribution in [3.63, 3.8) is 0 Å². The Morgan fingerprint density at radius 2 is 2.18 bits per heavy atom. The number of nitrogens with zero attached hydrogens (tertiary/aromatic N) is 1. The lowest BCUT2D eigenvalue weighted by Crippen LogP contribution is -3.13. The number of ether oxygens (including phenoxy) is 1. The first-order valence-electron chi connectivity index (χ1n) is 8.04. The summed E-state index contributed by atoms with van der Waals surface area (Å²) in [5, 5.41) is 2.67. The molecule has 1 amide bonds. The van der Waals surface area contributed by atoms with Crippen molar-refractivity contribution in [2.45, 2.75) is 39.2 Å². The maximum Gasteiger partial charge on any atom is 0.294 e. The Morgan fingerprint density at radius 1 is 1.41 bits per heavy atom. The summed E-state index contributed by atoms with van der Waals surface area (Å²) >= 11 is 0. The van der Waals surface area contributed by atoms with Crippen molar-refractivity contribution in [1.82, 2.24) is 5.32 Å². The van der Waals surface area contributed by atoms with Gasteiger partial charge in [0.2, 0.25) is 0 Å². The monoisotopic (exact) mass is 308 g/mol. The van der Waals surface area contributed by atoms with Crippen LogP contribution in [0.1, 0.15) is 43.7 Å². The van der Waals surface area contributed by atoms with Gasteiger partial charge in [-0.25, -0.2) is 4.99 Å². The fraction of sp³-hybridized carbons (Fsp3) is 0.625. The highest BCUT2D eigenvalue weighted by atomic mass is 16.5. The Labute approximate surface area is 131 Å². The number of amidine groups is 1. The Balaban J connectivity index is 1.87. The van der Waals surface area contributed by atoms with Crippen LogP contribution in [0.15, 0.2) is 27.8 Å². The highest BCUT2D eigenvalue weighted by Crippen LogP contribution is 2.00. The van der Waals surface area contributed by atoms with Crippen LogP contribution in [0.25, 0.3) is 0 Å². The van der Waals surface area contributed by atoms with E-state index in [9.17, 15) is 4.79 Å². The van der Waals surface area contributed by atoms with Crippen molar-refractivity contribution in [2.75, 3.05) is 26.2 Å². The molecule has 2 heterocycles. The summed E-state index contributed by atoms with van der Waals surface area (Å²) in [4.78, 5) is 18.0. The number of rotatable bonds is 5. The van der Waals surface area contributed by atoms with Crippen molar-refractivity contribution < 1.29 is 18.8 Å². The maximum atomic E-state index is 12.0. The van der Waals surface area contributed by atoms with E-state index < -0.39 is 0 Å². The zero-order chi connectivity index (χ0) is 15.8. The lowest BCUT2D eigenvalue weighted by Gasteiger charge is -2.22. The summed E-state index contributed by atoms with van der Waals surface area (Å²) in [5.74, 6) is -0.0866. The second-order valence-electron chi connectivity index (χ2n) is 5.85. The second-order valence-corrected chi connectivity index (χ2v) is 5.85. The van der Waals surface area contributed by atoms with Crippen LogP contribution in [-0.4, -0.2) is 44.2 Å². The van der Waals surface area contributed by atoms with Crippen LogP contribution in [0.2, 0.25) is 0 Å². The first-order chi connectivity index (χ1) is 10.6. The van der Waals surface area contributed by atoms with Gasteiger partial charge in [-0.1, -0.05) is 0 Å². The van der Waals surface area contributed by atoms with Crippen LogP contribution < -0.4 is 10.2 Å². The molecule has 0 unspecified atom stereocenters.